The van der Waals surface area contributed by atoms with Crippen LogP contribution in [0.2, 0.25) is 0 Å². The minimum Gasteiger partial charge on any atom is -0.352 e. The molecule has 5 heteroatoms. The van der Waals surface area contributed by atoms with Crippen LogP contribution in [0.25, 0.3) is 0 Å². The summed E-state index contributed by atoms with van der Waals surface area (Å²) in [5.41, 5.74) is 2.29. The van der Waals surface area contributed by atoms with Crippen molar-refractivity contribution in [1.29, 1.82) is 0 Å². The number of hydrogen-bond acceptors (Lipinski definition) is 3. The molecule has 29 heavy (non-hydrogen) atoms. The van der Waals surface area contributed by atoms with Crippen LogP contribution >= 0.6 is 0 Å². The molecule has 0 spiro atoms. The van der Waals surface area contributed by atoms with E-state index in [9.17, 15) is 14.4 Å². The molecule has 0 heterocycles. The van der Waals surface area contributed by atoms with Gasteiger partial charge in [-0.05, 0) is 29.4 Å². The molecule has 2 amide bonds. The molecule has 5 nitrogen and oxygen atoms in total. The van der Waals surface area contributed by atoms with Gasteiger partial charge in [0.25, 0.3) is 5.91 Å². The van der Waals surface area contributed by atoms with Gasteiger partial charge in [-0.3, -0.25) is 14.4 Å². The maximum absolute atomic E-state index is 12.6. The van der Waals surface area contributed by atoms with Crippen LogP contribution in [0, 0.1) is 0 Å². The maximum atomic E-state index is 12.6. The van der Waals surface area contributed by atoms with Gasteiger partial charge >= 0.3 is 0 Å². The lowest BCUT2D eigenvalue weighted by Crippen LogP contribution is -2.50. The number of amides is 2. The van der Waals surface area contributed by atoms with Crippen LogP contribution in [-0.2, 0) is 21.4 Å². The van der Waals surface area contributed by atoms with Gasteiger partial charge in [-0.25, -0.2) is 0 Å². The second-order valence-corrected chi connectivity index (χ2v) is 8.66. The summed E-state index contributed by atoms with van der Waals surface area (Å²) in [4.78, 5) is 37.8. The quantitative estimate of drug-likeness (QED) is 0.561. The summed E-state index contributed by atoms with van der Waals surface area (Å²) in [5, 5.41) is 5.56. The first kappa shape index (κ1) is 20.8. The highest BCUT2D eigenvalue weighted by atomic mass is 16.2. The first-order valence-electron chi connectivity index (χ1n) is 10.0. The van der Waals surface area contributed by atoms with Gasteiger partial charge < -0.3 is 10.6 Å². The van der Waals surface area contributed by atoms with Crippen molar-refractivity contribution in [3.63, 3.8) is 0 Å². The van der Waals surface area contributed by atoms with Gasteiger partial charge in [0, 0.05) is 18.0 Å². The molecule has 0 bridgehead atoms. The lowest BCUT2D eigenvalue weighted by atomic mass is 9.86. The highest BCUT2D eigenvalue weighted by molar-refractivity contribution is 6.43. The van der Waals surface area contributed by atoms with E-state index in [4.69, 9.17) is 0 Å². The van der Waals surface area contributed by atoms with Crippen LogP contribution in [-0.4, -0.2) is 29.7 Å². The average Bonchev–Trinajstić information content (AvgIpc) is 3.51. The third-order valence-electron chi connectivity index (χ3n) is 5.05. The summed E-state index contributed by atoms with van der Waals surface area (Å²) in [6, 6.07) is 15.9. The van der Waals surface area contributed by atoms with Gasteiger partial charge in [-0.1, -0.05) is 75.4 Å². The molecule has 0 aromatic heterocycles. The van der Waals surface area contributed by atoms with Crippen LogP contribution in [0.15, 0.2) is 54.6 Å². The molecule has 2 aromatic carbocycles. The molecule has 0 radical (unpaired) electrons. The zero-order valence-corrected chi connectivity index (χ0v) is 17.2. The van der Waals surface area contributed by atoms with Crippen LogP contribution in [0.4, 0.5) is 0 Å². The van der Waals surface area contributed by atoms with Gasteiger partial charge in [0.2, 0.25) is 11.7 Å². The molecule has 1 aliphatic carbocycles. The number of benzene rings is 2. The van der Waals surface area contributed by atoms with E-state index < -0.39 is 17.7 Å². The van der Waals surface area contributed by atoms with Crippen LogP contribution in [0.1, 0.15) is 55.1 Å². The van der Waals surface area contributed by atoms with E-state index in [-0.39, 0.29) is 17.4 Å². The number of hydrogen-bond donors (Lipinski definition) is 2. The highest BCUT2D eigenvalue weighted by Gasteiger charge is 2.30. The number of carbonyl (C=O) groups excluding carboxylic acids is 3. The number of Topliss-reactive ketones (excluding diaryl/α,β-unsaturated/α-hetero) is 1. The van der Waals surface area contributed by atoms with Crippen LogP contribution in [0.5, 0.6) is 0 Å². The fourth-order valence-corrected chi connectivity index (χ4v) is 3.07. The van der Waals surface area contributed by atoms with E-state index in [1.165, 1.54) is 0 Å². The summed E-state index contributed by atoms with van der Waals surface area (Å²) in [6.45, 7) is 6.26. The Hall–Kier alpha value is -2.95. The normalized spacial score (nSPS) is 14.7. The van der Waals surface area contributed by atoms with Gasteiger partial charge in [-0.2, -0.15) is 0 Å². The molecular formula is C24H28N2O3. The number of rotatable bonds is 7. The standard InChI is InChI=1S/C24H28N2O3/c1-24(2,3)18-11-9-17(10-12-18)21(27)23(29)26-20(22(28)25-19-13-14-19)15-16-7-5-4-6-8-16/h4-12,19-20H,13-15H2,1-3H3,(H,25,28)(H,26,29). The predicted molar refractivity (Wildman–Crippen MR) is 113 cm³/mol. The van der Waals surface area contributed by atoms with E-state index in [1.807, 2.05) is 42.5 Å². The van der Waals surface area contributed by atoms with Crippen LogP contribution < -0.4 is 10.6 Å². The molecule has 0 saturated heterocycles. The molecule has 1 fully saturated rings. The maximum Gasteiger partial charge on any atom is 0.293 e. The molecule has 2 aromatic rings. The Balaban J connectivity index is 1.70. The fraction of sp³-hybridized carbons (Fsp3) is 0.375. The Morgan fingerprint density at radius 1 is 0.966 bits per heavy atom. The van der Waals surface area contributed by atoms with Crippen molar-refractivity contribution in [3.8, 4) is 0 Å². The van der Waals surface area contributed by atoms with E-state index in [0.717, 1.165) is 24.0 Å². The Kier molecular flexibility index (Phi) is 6.16. The van der Waals surface area contributed by atoms with E-state index in [0.29, 0.717) is 12.0 Å². The summed E-state index contributed by atoms with van der Waals surface area (Å²) in [7, 11) is 0. The molecule has 152 valence electrons. The van der Waals surface area contributed by atoms with Crippen molar-refractivity contribution in [3.05, 3.63) is 71.3 Å². The Morgan fingerprint density at radius 3 is 2.14 bits per heavy atom. The van der Waals surface area contributed by atoms with Crippen molar-refractivity contribution >= 4 is 17.6 Å². The molecule has 1 aliphatic rings. The third-order valence-corrected chi connectivity index (χ3v) is 5.05. The Bertz CT molecular complexity index is 879. The van der Waals surface area contributed by atoms with Gasteiger partial charge in [-0.15, -0.1) is 0 Å². The first-order valence-corrected chi connectivity index (χ1v) is 10.0. The zero-order valence-electron chi connectivity index (χ0n) is 17.2. The fourth-order valence-electron chi connectivity index (χ4n) is 3.07. The molecule has 0 aliphatic heterocycles. The average molecular weight is 392 g/mol. The largest absolute Gasteiger partial charge is 0.352 e. The zero-order chi connectivity index (χ0) is 21.0. The lowest BCUT2D eigenvalue weighted by Gasteiger charge is -2.20. The summed E-state index contributed by atoms with van der Waals surface area (Å²) >= 11 is 0. The van der Waals surface area contributed by atoms with Crippen molar-refractivity contribution in [2.45, 2.75) is 57.5 Å². The van der Waals surface area contributed by atoms with Gasteiger partial charge in [0.15, 0.2) is 0 Å². The first-order chi connectivity index (χ1) is 13.7. The molecular weight excluding hydrogens is 364 g/mol. The molecule has 2 N–H and O–H groups in total. The monoisotopic (exact) mass is 392 g/mol. The summed E-state index contributed by atoms with van der Waals surface area (Å²) < 4.78 is 0. The molecule has 1 saturated carbocycles. The summed E-state index contributed by atoms with van der Waals surface area (Å²) in [5.74, 6) is -1.65. The van der Waals surface area contributed by atoms with Crippen LogP contribution in [0.3, 0.4) is 0 Å². The SMILES string of the molecule is CC(C)(C)c1ccc(C(=O)C(=O)NC(Cc2ccccc2)C(=O)NC2CC2)cc1. The second kappa shape index (κ2) is 8.60. The minimum atomic E-state index is -0.789. The minimum absolute atomic E-state index is 0.0362. The Morgan fingerprint density at radius 2 is 1.59 bits per heavy atom. The molecule has 1 unspecified atom stereocenters. The topological polar surface area (TPSA) is 75.3 Å². The molecule has 3 rings (SSSR count). The highest BCUT2D eigenvalue weighted by Crippen LogP contribution is 2.22. The number of nitrogens with one attached hydrogen (secondary N) is 2. The predicted octanol–water partition coefficient (Wildman–Crippen LogP) is 3.17. The summed E-state index contributed by atoms with van der Waals surface area (Å²) in [6.07, 6.45) is 2.25. The Labute approximate surface area is 171 Å². The van der Waals surface area contributed by atoms with Gasteiger partial charge in [0.1, 0.15) is 6.04 Å². The van der Waals surface area contributed by atoms with Crippen molar-refractivity contribution in [1.82, 2.24) is 10.6 Å². The van der Waals surface area contributed by atoms with Crippen molar-refractivity contribution in [2.75, 3.05) is 0 Å². The lowest BCUT2D eigenvalue weighted by molar-refractivity contribution is -0.127. The van der Waals surface area contributed by atoms with E-state index in [1.54, 1.807) is 12.1 Å². The van der Waals surface area contributed by atoms with E-state index in [2.05, 4.69) is 31.4 Å². The third kappa shape index (κ3) is 5.76. The van der Waals surface area contributed by atoms with Gasteiger partial charge in [0.05, 0.1) is 0 Å². The number of ketones is 1. The van der Waals surface area contributed by atoms with Crippen molar-refractivity contribution < 1.29 is 14.4 Å². The van der Waals surface area contributed by atoms with Crippen molar-refractivity contribution in [2.24, 2.45) is 0 Å². The number of carbonyl (C=O) groups is 3. The van der Waals surface area contributed by atoms with E-state index >= 15 is 0 Å². The smallest absolute Gasteiger partial charge is 0.293 e. The second-order valence-electron chi connectivity index (χ2n) is 8.66. The molecule has 1 atom stereocenters.